The van der Waals surface area contributed by atoms with Crippen molar-refractivity contribution in [3.05, 3.63) is 0 Å². The number of rotatable bonds is 6. The van der Waals surface area contributed by atoms with E-state index in [9.17, 15) is 9.59 Å². The molecule has 0 radical (unpaired) electrons. The Morgan fingerprint density at radius 1 is 1.25 bits per heavy atom. The molecule has 1 aliphatic carbocycles. The Labute approximate surface area is 95.0 Å². The van der Waals surface area contributed by atoms with Crippen molar-refractivity contribution in [3.63, 3.8) is 0 Å². The number of unbranched alkanes of at least 4 members (excludes halogenated alkanes) is 1. The van der Waals surface area contributed by atoms with Gasteiger partial charge in [-0.1, -0.05) is 13.3 Å². The summed E-state index contributed by atoms with van der Waals surface area (Å²) < 4.78 is 14.7. The minimum atomic E-state index is -1.21. The van der Waals surface area contributed by atoms with E-state index in [4.69, 9.17) is 4.74 Å². The average molecular weight is 230 g/mol. The van der Waals surface area contributed by atoms with Crippen LogP contribution in [0.15, 0.2) is 0 Å². The highest BCUT2D eigenvalue weighted by Crippen LogP contribution is 2.50. The largest absolute Gasteiger partial charge is 0.468 e. The number of ether oxygens (including phenoxy) is 3. The normalized spacial score (nSPS) is 21.3. The van der Waals surface area contributed by atoms with Crippen molar-refractivity contribution in [1.29, 1.82) is 0 Å². The number of carbonyl (C=O) groups is 2. The monoisotopic (exact) mass is 230 g/mol. The fourth-order valence-electron chi connectivity index (χ4n) is 1.68. The lowest BCUT2D eigenvalue weighted by Crippen LogP contribution is -2.32. The van der Waals surface area contributed by atoms with Crippen LogP contribution in [0, 0.1) is 5.41 Å². The van der Waals surface area contributed by atoms with E-state index in [1.807, 2.05) is 6.92 Å². The van der Waals surface area contributed by atoms with E-state index in [-0.39, 0.29) is 6.10 Å². The topological polar surface area (TPSA) is 61.8 Å². The molecule has 16 heavy (non-hydrogen) atoms. The maximum Gasteiger partial charge on any atom is 0.326 e. The van der Waals surface area contributed by atoms with Gasteiger partial charge in [0.1, 0.15) is 0 Å². The van der Waals surface area contributed by atoms with Crippen LogP contribution in [0.3, 0.4) is 0 Å². The fourth-order valence-corrected chi connectivity index (χ4v) is 1.68. The van der Waals surface area contributed by atoms with Crippen LogP contribution < -0.4 is 0 Å². The number of esters is 2. The van der Waals surface area contributed by atoms with Crippen molar-refractivity contribution in [2.75, 3.05) is 20.8 Å². The molecule has 0 N–H and O–H groups in total. The van der Waals surface area contributed by atoms with Crippen LogP contribution in [0.2, 0.25) is 0 Å². The molecule has 0 saturated heterocycles. The van der Waals surface area contributed by atoms with E-state index < -0.39 is 17.4 Å². The highest BCUT2D eigenvalue weighted by molar-refractivity contribution is 6.04. The van der Waals surface area contributed by atoms with E-state index in [1.165, 1.54) is 14.2 Å². The van der Waals surface area contributed by atoms with Crippen LogP contribution >= 0.6 is 0 Å². The predicted octanol–water partition coefficient (Wildman–Crippen LogP) is 0.908. The predicted molar refractivity (Wildman–Crippen MR) is 55.7 cm³/mol. The molecule has 1 atom stereocenters. The van der Waals surface area contributed by atoms with Gasteiger partial charge in [-0.25, -0.2) is 0 Å². The molecule has 5 heteroatoms. The maximum atomic E-state index is 11.5. The van der Waals surface area contributed by atoms with Crippen molar-refractivity contribution >= 4 is 11.9 Å². The van der Waals surface area contributed by atoms with E-state index >= 15 is 0 Å². The van der Waals surface area contributed by atoms with Crippen molar-refractivity contribution in [1.82, 2.24) is 0 Å². The zero-order valence-electron chi connectivity index (χ0n) is 9.95. The summed E-state index contributed by atoms with van der Waals surface area (Å²) >= 11 is 0. The number of hydrogen-bond acceptors (Lipinski definition) is 5. The Hall–Kier alpha value is -1.10. The summed E-state index contributed by atoms with van der Waals surface area (Å²) in [5, 5.41) is 0. The maximum absolute atomic E-state index is 11.5. The lowest BCUT2D eigenvalue weighted by molar-refractivity contribution is -0.163. The van der Waals surface area contributed by atoms with Gasteiger partial charge in [-0.2, -0.15) is 0 Å². The Morgan fingerprint density at radius 3 is 2.25 bits per heavy atom. The molecule has 1 rings (SSSR count). The molecule has 1 saturated carbocycles. The van der Waals surface area contributed by atoms with E-state index in [0.29, 0.717) is 13.0 Å². The summed E-state index contributed by atoms with van der Waals surface area (Å²) in [7, 11) is 2.52. The molecule has 5 nitrogen and oxygen atoms in total. The number of methoxy groups -OCH3 is 2. The average Bonchev–Trinajstić information content (AvgIpc) is 3.03. The SMILES string of the molecule is CCCCOC1CC1(C(=O)OC)C(=O)OC. The minimum absolute atomic E-state index is 0.357. The molecule has 0 aromatic rings. The Morgan fingerprint density at radius 2 is 1.81 bits per heavy atom. The lowest BCUT2D eigenvalue weighted by atomic mass is 10.1. The third-order valence-electron chi connectivity index (χ3n) is 2.81. The second kappa shape index (κ2) is 5.30. The van der Waals surface area contributed by atoms with Gasteiger partial charge in [0.15, 0.2) is 5.41 Å². The molecule has 92 valence electrons. The van der Waals surface area contributed by atoms with Crippen molar-refractivity contribution < 1.29 is 23.8 Å². The first-order valence-electron chi connectivity index (χ1n) is 5.41. The van der Waals surface area contributed by atoms with Gasteiger partial charge in [0, 0.05) is 13.0 Å². The third kappa shape index (κ3) is 2.19. The first-order chi connectivity index (χ1) is 7.63. The quantitative estimate of drug-likeness (QED) is 0.385. The number of hydrogen-bond donors (Lipinski definition) is 0. The first kappa shape index (κ1) is 13.0. The van der Waals surface area contributed by atoms with Gasteiger partial charge >= 0.3 is 11.9 Å². The Bertz CT molecular complexity index is 258. The first-order valence-corrected chi connectivity index (χ1v) is 5.41. The van der Waals surface area contributed by atoms with Crippen molar-refractivity contribution in [3.8, 4) is 0 Å². The summed E-state index contributed by atoms with van der Waals surface area (Å²) in [6.07, 6.45) is 1.89. The molecule has 1 unspecified atom stereocenters. The van der Waals surface area contributed by atoms with E-state index in [0.717, 1.165) is 12.8 Å². The molecule has 0 aromatic carbocycles. The molecule has 0 amide bonds. The van der Waals surface area contributed by atoms with Crippen LogP contribution in [-0.4, -0.2) is 38.9 Å². The Balaban J connectivity index is 2.58. The summed E-state index contributed by atoms with van der Waals surface area (Å²) in [5.74, 6) is -1.14. The zero-order valence-corrected chi connectivity index (χ0v) is 9.95. The van der Waals surface area contributed by atoms with Crippen molar-refractivity contribution in [2.24, 2.45) is 5.41 Å². The highest BCUT2D eigenvalue weighted by Gasteiger charge is 2.69. The molecule has 0 spiro atoms. The highest BCUT2D eigenvalue weighted by atomic mass is 16.6. The summed E-state index contributed by atoms with van der Waals surface area (Å²) in [4.78, 5) is 23.1. The molecule has 0 bridgehead atoms. The molecular formula is C11H18O5. The van der Waals surface area contributed by atoms with Crippen LogP contribution in [0.4, 0.5) is 0 Å². The minimum Gasteiger partial charge on any atom is -0.468 e. The third-order valence-corrected chi connectivity index (χ3v) is 2.81. The summed E-state index contributed by atoms with van der Waals surface area (Å²) in [5.41, 5.74) is -1.21. The molecule has 0 aromatic heterocycles. The zero-order chi connectivity index (χ0) is 12.2. The molecule has 1 aliphatic rings. The van der Waals surface area contributed by atoms with E-state index in [1.54, 1.807) is 0 Å². The van der Waals surface area contributed by atoms with Gasteiger partial charge in [0.25, 0.3) is 0 Å². The lowest BCUT2D eigenvalue weighted by Gasteiger charge is -2.12. The second-order valence-electron chi connectivity index (χ2n) is 3.87. The second-order valence-corrected chi connectivity index (χ2v) is 3.87. The summed E-state index contributed by atoms with van der Waals surface area (Å²) in [6, 6.07) is 0. The van der Waals surface area contributed by atoms with Gasteiger partial charge in [0.2, 0.25) is 0 Å². The standard InChI is InChI=1S/C11H18O5/c1-4-5-6-16-8-7-11(8,9(12)14-2)10(13)15-3/h8H,4-7H2,1-3H3. The van der Waals surface area contributed by atoms with Crippen LogP contribution in [0.1, 0.15) is 26.2 Å². The van der Waals surface area contributed by atoms with Crippen molar-refractivity contribution in [2.45, 2.75) is 32.3 Å². The molecule has 0 aliphatic heterocycles. The summed E-state index contributed by atoms with van der Waals surface area (Å²) in [6.45, 7) is 2.60. The molecular weight excluding hydrogens is 212 g/mol. The van der Waals surface area contributed by atoms with E-state index in [2.05, 4.69) is 9.47 Å². The van der Waals surface area contributed by atoms with Gasteiger partial charge in [-0.05, 0) is 6.42 Å². The van der Waals surface area contributed by atoms with Crippen LogP contribution in [-0.2, 0) is 23.8 Å². The van der Waals surface area contributed by atoms with Gasteiger partial charge in [-0.3, -0.25) is 9.59 Å². The Kier molecular flexibility index (Phi) is 4.29. The molecule has 0 heterocycles. The number of carbonyl (C=O) groups excluding carboxylic acids is 2. The van der Waals surface area contributed by atoms with Gasteiger partial charge in [-0.15, -0.1) is 0 Å². The fraction of sp³-hybridized carbons (Fsp3) is 0.818. The van der Waals surface area contributed by atoms with Crippen LogP contribution in [0.25, 0.3) is 0 Å². The van der Waals surface area contributed by atoms with Gasteiger partial charge in [0.05, 0.1) is 20.3 Å². The van der Waals surface area contributed by atoms with Gasteiger partial charge < -0.3 is 14.2 Å². The smallest absolute Gasteiger partial charge is 0.326 e. The molecule has 1 fully saturated rings. The van der Waals surface area contributed by atoms with Crippen LogP contribution in [0.5, 0.6) is 0 Å².